The fourth-order valence-electron chi connectivity index (χ4n) is 3.10. The predicted molar refractivity (Wildman–Crippen MR) is 113 cm³/mol. The summed E-state index contributed by atoms with van der Waals surface area (Å²) in [6, 6.07) is 15.8. The number of benzene rings is 2. The predicted octanol–water partition coefficient (Wildman–Crippen LogP) is 3.79. The molecule has 2 aromatic rings. The van der Waals surface area contributed by atoms with Gasteiger partial charge in [0, 0.05) is 36.2 Å². The minimum atomic E-state index is -3.52. The molecule has 1 heterocycles. The summed E-state index contributed by atoms with van der Waals surface area (Å²) in [6.45, 7) is 1.13. The van der Waals surface area contributed by atoms with Crippen LogP contribution < -0.4 is 4.72 Å². The number of thioether (sulfide) groups is 1. The third kappa shape index (κ3) is 5.73. The van der Waals surface area contributed by atoms with Gasteiger partial charge in [-0.2, -0.15) is 0 Å². The van der Waals surface area contributed by atoms with Crippen LogP contribution in [-0.4, -0.2) is 44.1 Å². The van der Waals surface area contributed by atoms with E-state index < -0.39 is 10.0 Å². The number of nitrogens with zero attached hydrogens (tertiary/aromatic N) is 1. The molecule has 150 valence electrons. The van der Waals surface area contributed by atoms with Crippen molar-refractivity contribution in [2.24, 2.45) is 0 Å². The molecule has 0 aliphatic carbocycles. The number of carbonyl (C=O) groups is 1. The first-order chi connectivity index (χ1) is 13.5. The molecule has 1 fully saturated rings. The Morgan fingerprint density at radius 3 is 2.39 bits per heavy atom. The number of rotatable bonds is 7. The van der Waals surface area contributed by atoms with Crippen LogP contribution in [0, 0.1) is 0 Å². The van der Waals surface area contributed by atoms with Crippen LogP contribution >= 0.6 is 23.4 Å². The molecule has 0 atom stereocenters. The van der Waals surface area contributed by atoms with Crippen molar-refractivity contribution in [1.82, 2.24) is 9.62 Å². The lowest BCUT2D eigenvalue weighted by molar-refractivity contribution is -0.131. The Morgan fingerprint density at radius 2 is 1.71 bits per heavy atom. The molecular weight excluding hydrogens is 416 g/mol. The van der Waals surface area contributed by atoms with E-state index in [0.29, 0.717) is 43.1 Å². The van der Waals surface area contributed by atoms with Gasteiger partial charge in [0.25, 0.3) is 0 Å². The summed E-state index contributed by atoms with van der Waals surface area (Å²) in [7, 11) is -3.52. The van der Waals surface area contributed by atoms with Gasteiger partial charge in [-0.25, -0.2) is 13.1 Å². The molecule has 1 aliphatic heterocycles. The molecule has 1 aliphatic rings. The van der Waals surface area contributed by atoms with Crippen molar-refractivity contribution in [3.05, 3.63) is 59.6 Å². The van der Waals surface area contributed by atoms with Gasteiger partial charge in [-0.05, 0) is 37.1 Å². The largest absolute Gasteiger partial charge is 0.343 e. The molecule has 1 saturated heterocycles. The third-order valence-electron chi connectivity index (χ3n) is 4.63. The van der Waals surface area contributed by atoms with E-state index >= 15 is 0 Å². The van der Waals surface area contributed by atoms with Crippen LogP contribution in [0.25, 0.3) is 0 Å². The van der Waals surface area contributed by atoms with Gasteiger partial charge in [-0.3, -0.25) is 4.79 Å². The molecule has 0 radical (unpaired) electrons. The number of carbonyl (C=O) groups excluding carboxylic acids is 1. The number of hydrogen-bond acceptors (Lipinski definition) is 4. The molecule has 1 amide bonds. The molecule has 0 bridgehead atoms. The summed E-state index contributed by atoms with van der Waals surface area (Å²) >= 11 is 7.70. The zero-order valence-corrected chi connectivity index (χ0v) is 17.8. The minimum absolute atomic E-state index is 0.101. The van der Waals surface area contributed by atoms with Gasteiger partial charge in [0.2, 0.25) is 15.9 Å². The van der Waals surface area contributed by atoms with Crippen LogP contribution in [0.5, 0.6) is 0 Å². The van der Waals surface area contributed by atoms with Crippen molar-refractivity contribution in [3.8, 4) is 0 Å². The smallest absolute Gasteiger partial charge is 0.240 e. The van der Waals surface area contributed by atoms with Gasteiger partial charge < -0.3 is 4.90 Å². The van der Waals surface area contributed by atoms with Gasteiger partial charge >= 0.3 is 0 Å². The summed E-state index contributed by atoms with van der Waals surface area (Å²) in [6.07, 6.45) is 1.68. The average molecular weight is 439 g/mol. The van der Waals surface area contributed by atoms with Crippen molar-refractivity contribution in [2.75, 3.05) is 18.8 Å². The molecule has 0 aromatic heterocycles. The number of hydrogen-bond donors (Lipinski definition) is 1. The average Bonchev–Trinajstić information content (AvgIpc) is 2.70. The lowest BCUT2D eigenvalue weighted by Gasteiger charge is -2.32. The maximum Gasteiger partial charge on any atom is 0.240 e. The molecule has 1 N–H and O–H groups in total. The van der Waals surface area contributed by atoms with E-state index in [9.17, 15) is 13.2 Å². The van der Waals surface area contributed by atoms with Crippen LogP contribution in [-0.2, 0) is 14.8 Å². The Bertz CT molecular complexity index is 899. The second kappa shape index (κ2) is 9.78. The second-order valence-corrected chi connectivity index (χ2v) is 9.88. The highest BCUT2D eigenvalue weighted by Crippen LogP contribution is 2.27. The Balaban J connectivity index is 1.43. The van der Waals surface area contributed by atoms with Gasteiger partial charge in [0.05, 0.1) is 9.92 Å². The maximum absolute atomic E-state index is 12.4. The first kappa shape index (κ1) is 21.2. The van der Waals surface area contributed by atoms with Crippen LogP contribution in [0.4, 0.5) is 0 Å². The van der Waals surface area contributed by atoms with Crippen LogP contribution in [0.1, 0.15) is 19.3 Å². The fourth-order valence-corrected chi connectivity index (χ4v) is 5.60. The number of likely N-dealkylation sites (tertiary alicyclic amines) is 1. The summed E-state index contributed by atoms with van der Waals surface area (Å²) in [4.78, 5) is 15.5. The monoisotopic (exact) mass is 438 g/mol. The van der Waals surface area contributed by atoms with Crippen molar-refractivity contribution in [1.29, 1.82) is 0 Å². The normalized spacial score (nSPS) is 15.5. The van der Waals surface area contributed by atoms with Crippen LogP contribution in [0.15, 0.2) is 64.4 Å². The first-order valence-corrected chi connectivity index (χ1v) is 12.0. The van der Waals surface area contributed by atoms with Gasteiger partial charge in [-0.1, -0.05) is 41.9 Å². The summed E-state index contributed by atoms with van der Waals surface area (Å²) in [5, 5.41) is 0.700. The molecule has 0 saturated carbocycles. The second-order valence-electron chi connectivity index (χ2n) is 6.62. The van der Waals surface area contributed by atoms with E-state index in [2.05, 4.69) is 4.72 Å². The Hall–Kier alpha value is -1.54. The molecule has 3 rings (SSSR count). The highest BCUT2D eigenvalue weighted by atomic mass is 35.5. The molecule has 0 unspecified atom stereocenters. The Kier molecular flexibility index (Phi) is 7.40. The Morgan fingerprint density at radius 1 is 1.07 bits per heavy atom. The summed E-state index contributed by atoms with van der Waals surface area (Å²) in [5.41, 5.74) is 0. The van der Waals surface area contributed by atoms with Crippen LogP contribution in [0.2, 0.25) is 5.02 Å². The quantitative estimate of drug-likeness (QED) is 0.668. The number of amides is 1. The number of sulfonamides is 1. The zero-order valence-electron chi connectivity index (χ0n) is 15.4. The molecular formula is C20H23ClN2O3S2. The van der Waals surface area contributed by atoms with Crippen LogP contribution in [0.3, 0.4) is 0 Å². The summed E-state index contributed by atoms with van der Waals surface area (Å²) < 4.78 is 27.6. The number of piperidine rings is 1. The standard InChI is InChI=1S/C20H23ClN2O3S2/c21-18-8-4-5-9-19(18)27-15-12-20(24)23-13-10-16(11-14-23)22-28(25,26)17-6-2-1-3-7-17/h1-9,16,22H,10-15H2. The minimum Gasteiger partial charge on any atom is -0.343 e. The molecule has 8 heteroatoms. The van der Waals surface area contributed by atoms with E-state index in [1.54, 1.807) is 42.1 Å². The lowest BCUT2D eigenvalue weighted by atomic mass is 10.1. The van der Waals surface area contributed by atoms with E-state index in [4.69, 9.17) is 11.6 Å². The number of halogens is 1. The van der Waals surface area contributed by atoms with E-state index in [0.717, 1.165) is 4.90 Å². The van der Waals surface area contributed by atoms with Crippen molar-refractivity contribution in [3.63, 3.8) is 0 Å². The van der Waals surface area contributed by atoms with E-state index in [1.807, 2.05) is 29.2 Å². The summed E-state index contributed by atoms with van der Waals surface area (Å²) in [5.74, 6) is 0.771. The SMILES string of the molecule is O=C(CCSc1ccccc1Cl)N1CCC(NS(=O)(=O)c2ccccc2)CC1. The van der Waals surface area contributed by atoms with Gasteiger partial charge in [-0.15, -0.1) is 11.8 Å². The molecule has 5 nitrogen and oxygen atoms in total. The van der Waals surface area contributed by atoms with Crippen molar-refractivity contribution < 1.29 is 13.2 Å². The maximum atomic E-state index is 12.4. The highest BCUT2D eigenvalue weighted by Gasteiger charge is 2.26. The van der Waals surface area contributed by atoms with Gasteiger partial charge in [0.15, 0.2) is 0 Å². The molecule has 28 heavy (non-hydrogen) atoms. The molecule has 2 aromatic carbocycles. The van der Waals surface area contributed by atoms with Crippen molar-refractivity contribution >= 4 is 39.3 Å². The highest BCUT2D eigenvalue weighted by molar-refractivity contribution is 7.99. The topological polar surface area (TPSA) is 66.5 Å². The fraction of sp³-hybridized carbons (Fsp3) is 0.350. The van der Waals surface area contributed by atoms with E-state index in [1.165, 1.54) is 0 Å². The van der Waals surface area contributed by atoms with Gasteiger partial charge in [0.1, 0.15) is 0 Å². The number of nitrogens with one attached hydrogen (secondary N) is 1. The van der Waals surface area contributed by atoms with E-state index in [-0.39, 0.29) is 16.8 Å². The third-order valence-corrected chi connectivity index (χ3v) is 7.69. The Labute approximate surface area is 175 Å². The zero-order chi connectivity index (χ0) is 20.0. The first-order valence-electron chi connectivity index (χ1n) is 9.18. The van der Waals surface area contributed by atoms with Crippen molar-refractivity contribution in [2.45, 2.75) is 35.1 Å². The molecule has 0 spiro atoms. The lowest BCUT2D eigenvalue weighted by Crippen LogP contribution is -2.46.